The summed E-state index contributed by atoms with van der Waals surface area (Å²) >= 11 is 0. The maximum atomic E-state index is 4.77. The Labute approximate surface area is 168 Å². The van der Waals surface area contributed by atoms with Gasteiger partial charge in [0.15, 0.2) is 5.65 Å². The fraction of sp³-hybridized carbons (Fsp3) is 0.0417. The molecule has 5 nitrogen and oxygen atoms in total. The molecule has 5 rings (SSSR count). The predicted molar refractivity (Wildman–Crippen MR) is 115 cm³/mol. The van der Waals surface area contributed by atoms with Gasteiger partial charge in [-0.2, -0.15) is 9.61 Å². The Balaban J connectivity index is 1.47. The van der Waals surface area contributed by atoms with Crippen molar-refractivity contribution in [1.29, 1.82) is 0 Å². The van der Waals surface area contributed by atoms with E-state index in [0.29, 0.717) is 6.54 Å². The number of rotatable bonds is 5. The Morgan fingerprint density at radius 1 is 0.759 bits per heavy atom. The molecule has 1 N–H and O–H groups in total. The smallest absolute Gasteiger partial charge is 0.157 e. The summed E-state index contributed by atoms with van der Waals surface area (Å²) in [6.07, 6.45) is 5.40. The topological polar surface area (TPSA) is 55.1 Å². The van der Waals surface area contributed by atoms with Crippen molar-refractivity contribution in [2.45, 2.75) is 6.54 Å². The third-order valence-corrected chi connectivity index (χ3v) is 4.84. The summed E-state index contributed by atoms with van der Waals surface area (Å²) < 4.78 is 1.82. The van der Waals surface area contributed by atoms with Crippen molar-refractivity contribution in [1.82, 2.24) is 19.6 Å². The minimum absolute atomic E-state index is 0.666. The summed E-state index contributed by atoms with van der Waals surface area (Å²) in [6, 6.07) is 26.8. The number of nitrogens with one attached hydrogen (secondary N) is 1. The standard InChI is InChI=1S/C24H19N5/c1-2-6-19(7-3-1)20-8-10-21(11-9-20)22-15-24(29-23(28-22)12-14-27-29)26-17-18-5-4-13-25-16-18/h1-16,26H,17H2. The van der Waals surface area contributed by atoms with Gasteiger partial charge >= 0.3 is 0 Å². The van der Waals surface area contributed by atoms with Crippen LogP contribution in [0.3, 0.4) is 0 Å². The molecule has 0 amide bonds. The van der Waals surface area contributed by atoms with Crippen molar-refractivity contribution in [2.24, 2.45) is 0 Å². The molecule has 0 aliphatic heterocycles. The summed E-state index contributed by atoms with van der Waals surface area (Å²) in [5.41, 5.74) is 6.29. The van der Waals surface area contributed by atoms with E-state index in [1.54, 1.807) is 12.4 Å². The van der Waals surface area contributed by atoms with E-state index in [4.69, 9.17) is 4.98 Å². The van der Waals surface area contributed by atoms with Crippen LogP contribution in [0.1, 0.15) is 5.56 Å². The van der Waals surface area contributed by atoms with Crippen LogP contribution in [-0.4, -0.2) is 19.6 Å². The first-order valence-electron chi connectivity index (χ1n) is 9.50. The molecule has 29 heavy (non-hydrogen) atoms. The zero-order chi connectivity index (χ0) is 19.5. The Kier molecular flexibility index (Phi) is 4.47. The molecule has 2 aromatic carbocycles. The number of aromatic nitrogens is 4. The van der Waals surface area contributed by atoms with Crippen LogP contribution >= 0.6 is 0 Å². The minimum Gasteiger partial charge on any atom is -0.366 e. The fourth-order valence-electron chi connectivity index (χ4n) is 3.35. The van der Waals surface area contributed by atoms with Crippen LogP contribution in [-0.2, 0) is 6.54 Å². The predicted octanol–water partition coefficient (Wildman–Crippen LogP) is 5.07. The molecule has 0 aliphatic rings. The lowest BCUT2D eigenvalue weighted by atomic mass is 10.0. The van der Waals surface area contributed by atoms with E-state index in [2.05, 4.69) is 63.9 Å². The number of hydrogen-bond donors (Lipinski definition) is 1. The van der Waals surface area contributed by atoms with E-state index in [1.807, 2.05) is 41.0 Å². The van der Waals surface area contributed by atoms with Gasteiger partial charge in [0.25, 0.3) is 0 Å². The monoisotopic (exact) mass is 377 g/mol. The highest BCUT2D eigenvalue weighted by atomic mass is 15.3. The summed E-state index contributed by atoms with van der Waals surface area (Å²) in [6.45, 7) is 0.666. The molecule has 0 saturated heterocycles. The van der Waals surface area contributed by atoms with E-state index in [-0.39, 0.29) is 0 Å². The second kappa shape index (κ2) is 7.56. The summed E-state index contributed by atoms with van der Waals surface area (Å²) in [7, 11) is 0. The molecular weight excluding hydrogens is 358 g/mol. The molecular formula is C24H19N5. The van der Waals surface area contributed by atoms with Crippen molar-refractivity contribution in [3.63, 3.8) is 0 Å². The van der Waals surface area contributed by atoms with Crippen LogP contribution < -0.4 is 5.32 Å². The highest BCUT2D eigenvalue weighted by Gasteiger charge is 2.09. The Morgan fingerprint density at radius 3 is 2.34 bits per heavy atom. The number of pyridine rings is 1. The van der Waals surface area contributed by atoms with Crippen LogP contribution in [0.2, 0.25) is 0 Å². The van der Waals surface area contributed by atoms with Gasteiger partial charge in [0.05, 0.1) is 11.9 Å². The Bertz CT molecular complexity index is 1230. The SMILES string of the molecule is c1ccc(-c2ccc(-c3cc(NCc4cccnc4)n4nccc4n3)cc2)cc1. The van der Waals surface area contributed by atoms with Crippen LogP contribution in [0, 0.1) is 0 Å². The molecule has 0 unspecified atom stereocenters. The number of hydrogen-bond acceptors (Lipinski definition) is 4. The van der Waals surface area contributed by atoms with E-state index in [0.717, 1.165) is 28.3 Å². The molecule has 140 valence electrons. The lowest BCUT2D eigenvalue weighted by Crippen LogP contribution is -2.06. The highest BCUT2D eigenvalue weighted by molar-refractivity contribution is 5.71. The van der Waals surface area contributed by atoms with E-state index in [1.165, 1.54) is 11.1 Å². The van der Waals surface area contributed by atoms with Crippen LogP contribution in [0.15, 0.2) is 97.5 Å². The number of fused-ring (bicyclic) bond motifs is 1. The second-order valence-corrected chi connectivity index (χ2v) is 6.79. The molecule has 0 saturated carbocycles. The van der Waals surface area contributed by atoms with Crippen molar-refractivity contribution in [3.05, 3.63) is 103 Å². The Morgan fingerprint density at radius 2 is 1.55 bits per heavy atom. The third-order valence-electron chi connectivity index (χ3n) is 4.84. The molecule has 3 aromatic heterocycles. The molecule has 0 aliphatic carbocycles. The van der Waals surface area contributed by atoms with Gasteiger partial charge in [0, 0.05) is 36.6 Å². The zero-order valence-electron chi connectivity index (χ0n) is 15.7. The lowest BCUT2D eigenvalue weighted by molar-refractivity contribution is 0.925. The van der Waals surface area contributed by atoms with E-state index < -0.39 is 0 Å². The molecule has 5 heteroatoms. The first-order chi connectivity index (χ1) is 14.4. The first kappa shape index (κ1) is 17.1. The quantitative estimate of drug-likeness (QED) is 0.465. The van der Waals surface area contributed by atoms with Gasteiger partial charge in [-0.1, -0.05) is 60.7 Å². The summed E-state index contributed by atoms with van der Waals surface area (Å²) in [4.78, 5) is 8.94. The van der Waals surface area contributed by atoms with Gasteiger partial charge in [0.2, 0.25) is 0 Å². The normalized spacial score (nSPS) is 10.9. The summed E-state index contributed by atoms with van der Waals surface area (Å²) in [5, 5.41) is 7.85. The van der Waals surface area contributed by atoms with Crippen molar-refractivity contribution >= 4 is 11.5 Å². The number of anilines is 1. The van der Waals surface area contributed by atoms with Crippen molar-refractivity contribution < 1.29 is 0 Å². The molecule has 0 fully saturated rings. The summed E-state index contributed by atoms with van der Waals surface area (Å²) in [5.74, 6) is 0.894. The second-order valence-electron chi connectivity index (χ2n) is 6.79. The van der Waals surface area contributed by atoms with Crippen LogP contribution in [0.4, 0.5) is 5.82 Å². The molecule has 3 heterocycles. The number of nitrogens with zero attached hydrogens (tertiary/aromatic N) is 4. The van der Waals surface area contributed by atoms with Gasteiger partial charge in [-0.15, -0.1) is 0 Å². The molecule has 5 aromatic rings. The zero-order valence-corrected chi connectivity index (χ0v) is 15.7. The van der Waals surface area contributed by atoms with Crippen LogP contribution in [0.25, 0.3) is 28.0 Å². The minimum atomic E-state index is 0.666. The molecule has 0 bridgehead atoms. The molecule has 0 spiro atoms. The third kappa shape index (κ3) is 3.58. The van der Waals surface area contributed by atoms with Gasteiger partial charge in [0.1, 0.15) is 5.82 Å². The van der Waals surface area contributed by atoms with Gasteiger partial charge < -0.3 is 5.32 Å². The van der Waals surface area contributed by atoms with Gasteiger partial charge in [-0.3, -0.25) is 4.98 Å². The first-order valence-corrected chi connectivity index (χ1v) is 9.50. The lowest BCUT2D eigenvalue weighted by Gasteiger charge is -2.11. The van der Waals surface area contributed by atoms with Gasteiger partial charge in [-0.25, -0.2) is 4.98 Å². The maximum Gasteiger partial charge on any atom is 0.157 e. The maximum absolute atomic E-state index is 4.77. The Hall–Kier alpha value is -3.99. The van der Waals surface area contributed by atoms with E-state index >= 15 is 0 Å². The number of benzene rings is 2. The highest BCUT2D eigenvalue weighted by Crippen LogP contribution is 2.26. The fourth-order valence-corrected chi connectivity index (χ4v) is 3.35. The van der Waals surface area contributed by atoms with Gasteiger partial charge in [-0.05, 0) is 22.8 Å². The average molecular weight is 377 g/mol. The van der Waals surface area contributed by atoms with Crippen molar-refractivity contribution in [3.8, 4) is 22.4 Å². The van der Waals surface area contributed by atoms with E-state index in [9.17, 15) is 0 Å². The largest absolute Gasteiger partial charge is 0.366 e. The average Bonchev–Trinajstić information content (AvgIpc) is 3.28. The molecule has 0 radical (unpaired) electrons. The van der Waals surface area contributed by atoms with Crippen molar-refractivity contribution in [2.75, 3.05) is 5.32 Å². The molecule has 0 atom stereocenters. The van der Waals surface area contributed by atoms with Crippen LogP contribution in [0.5, 0.6) is 0 Å².